The third kappa shape index (κ3) is 17.0. The highest BCUT2D eigenvalue weighted by Crippen LogP contribution is 1.94. The van der Waals surface area contributed by atoms with E-state index in [0.29, 0.717) is 18.5 Å². The fourth-order valence-corrected chi connectivity index (χ4v) is 1.05. The van der Waals surface area contributed by atoms with Gasteiger partial charge in [0.25, 0.3) is 0 Å². The molecule has 1 N–H and O–H groups in total. The molecule has 0 heterocycles. The summed E-state index contributed by atoms with van der Waals surface area (Å²) in [4.78, 5) is 13.0. The van der Waals surface area contributed by atoms with E-state index >= 15 is 0 Å². The van der Waals surface area contributed by atoms with Gasteiger partial charge in [0.1, 0.15) is 0 Å². The summed E-state index contributed by atoms with van der Waals surface area (Å²) in [6.07, 6.45) is 0.377. The summed E-state index contributed by atoms with van der Waals surface area (Å²) in [5.41, 5.74) is 0.403. The second-order valence-electron chi connectivity index (χ2n) is 4.13. The zero-order valence-corrected chi connectivity index (χ0v) is 13.0. The molecule has 7 nitrogen and oxygen atoms in total. The number of nitrogens with one attached hydrogen (secondary N) is 1. The smallest absolute Gasteiger partial charge is 0.352 e. The van der Waals surface area contributed by atoms with Crippen molar-refractivity contribution >= 4 is 16.3 Å². The van der Waals surface area contributed by atoms with Crippen molar-refractivity contribution in [3.8, 4) is 0 Å². The first-order chi connectivity index (χ1) is 8.62. The van der Waals surface area contributed by atoms with Crippen LogP contribution in [0, 0.1) is 0 Å². The Labute approximate surface area is 115 Å². The molecule has 0 saturated carbocycles. The van der Waals surface area contributed by atoms with Gasteiger partial charge in [-0.05, 0) is 34.5 Å². The van der Waals surface area contributed by atoms with Crippen molar-refractivity contribution in [3.63, 3.8) is 0 Å². The maximum atomic E-state index is 11.0. The Morgan fingerprint density at radius 1 is 1.32 bits per heavy atom. The lowest BCUT2D eigenvalue weighted by Gasteiger charge is -2.04. The van der Waals surface area contributed by atoms with Gasteiger partial charge in [-0.15, -0.1) is 0 Å². The Morgan fingerprint density at radius 2 is 1.79 bits per heavy atom. The van der Waals surface area contributed by atoms with Gasteiger partial charge in [-0.2, -0.15) is 8.42 Å². The molecule has 19 heavy (non-hydrogen) atoms. The van der Waals surface area contributed by atoms with E-state index in [0.717, 1.165) is 7.11 Å². The van der Waals surface area contributed by atoms with E-state index < -0.39 is 10.4 Å². The summed E-state index contributed by atoms with van der Waals surface area (Å²) in [5, 5.41) is 2.53. The third-order valence-corrected chi connectivity index (χ3v) is 2.29. The summed E-state index contributed by atoms with van der Waals surface area (Å²) < 4.78 is 29.8. The molecule has 0 aromatic carbocycles. The van der Waals surface area contributed by atoms with Crippen LogP contribution in [0.15, 0.2) is 12.2 Å². The first kappa shape index (κ1) is 20.4. The lowest BCUT2D eigenvalue weighted by atomic mass is 10.3. The van der Waals surface area contributed by atoms with Crippen LogP contribution in [0.2, 0.25) is 0 Å². The Bertz CT molecular complexity index is 363. The van der Waals surface area contributed by atoms with Crippen LogP contribution in [0.25, 0.3) is 0 Å². The molecule has 0 unspecified atom stereocenters. The normalized spacial score (nSPS) is 10.6. The van der Waals surface area contributed by atoms with Crippen LogP contribution < -0.4 is 5.32 Å². The molecule has 0 aliphatic heterocycles. The molecule has 0 aliphatic rings. The van der Waals surface area contributed by atoms with Gasteiger partial charge in [-0.25, -0.2) is 4.18 Å². The average Bonchev–Trinajstić information content (AvgIpc) is 2.27. The highest BCUT2D eigenvalue weighted by molar-refractivity contribution is 7.81. The lowest BCUT2D eigenvalue weighted by molar-refractivity contribution is -0.117. The van der Waals surface area contributed by atoms with Crippen LogP contribution in [0.3, 0.4) is 0 Å². The maximum Gasteiger partial charge on any atom is 0.399 e. The molecular weight excluding hydrogens is 272 g/mol. The fraction of sp³-hybridized carbons (Fsp3) is 0.727. The van der Waals surface area contributed by atoms with Gasteiger partial charge >= 0.3 is 10.4 Å². The number of rotatable bonds is 7. The highest BCUT2D eigenvalue weighted by Gasteiger charge is 2.07. The predicted molar refractivity (Wildman–Crippen MR) is 73.9 cm³/mol. The summed E-state index contributed by atoms with van der Waals surface area (Å²) in [6, 6.07) is 0. The van der Waals surface area contributed by atoms with Crippen molar-refractivity contribution in [2.24, 2.45) is 0 Å². The molecule has 0 atom stereocenters. The molecule has 0 saturated heterocycles. The van der Waals surface area contributed by atoms with E-state index in [9.17, 15) is 13.2 Å². The van der Waals surface area contributed by atoms with Gasteiger partial charge < -0.3 is 10.2 Å². The fourth-order valence-electron chi connectivity index (χ4n) is 0.634. The Balaban J connectivity index is 0. The largest absolute Gasteiger partial charge is 0.399 e. The number of carbonyl (C=O) groups excluding carboxylic acids is 1. The van der Waals surface area contributed by atoms with Gasteiger partial charge in [-0.1, -0.05) is 6.58 Å². The zero-order chi connectivity index (χ0) is 15.5. The summed E-state index contributed by atoms with van der Waals surface area (Å²) in [5.74, 6) is -0.260. The number of hydrogen-bond donors (Lipinski definition) is 1. The third-order valence-electron chi connectivity index (χ3n) is 1.43. The van der Waals surface area contributed by atoms with Crippen LogP contribution in [0.5, 0.6) is 0 Å². The molecule has 0 fully saturated rings. The maximum absolute atomic E-state index is 11.0. The first-order valence-electron chi connectivity index (χ1n) is 5.62. The summed E-state index contributed by atoms with van der Waals surface area (Å²) >= 11 is 0. The highest BCUT2D eigenvalue weighted by atomic mass is 32.3. The van der Waals surface area contributed by atoms with Crippen LogP contribution in [0.4, 0.5) is 0 Å². The molecule has 0 aliphatic carbocycles. The number of carbonyl (C=O) groups is 1. The monoisotopic (exact) mass is 296 g/mol. The molecule has 1 amide bonds. The van der Waals surface area contributed by atoms with E-state index in [4.69, 9.17) is 0 Å². The topological polar surface area (TPSA) is 84.9 Å². The van der Waals surface area contributed by atoms with Crippen molar-refractivity contribution in [3.05, 3.63) is 12.2 Å². The molecule has 0 radical (unpaired) electrons. The lowest BCUT2D eigenvalue weighted by Crippen LogP contribution is -2.25. The van der Waals surface area contributed by atoms with Crippen LogP contribution in [0.1, 0.15) is 13.3 Å². The van der Waals surface area contributed by atoms with E-state index in [2.05, 4.69) is 20.3 Å². The molecule has 0 spiro atoms. The van der Waals surface area contributed by atoms with Gasteiger partial charge in [0.15, 0.2) is 0 Å². The van der Waals surface area contributed by atoms with Crippen LogP contribution in [-0.4, -0.2) is 60.6 Å². The van der Waals surface area contributed by atoms with Crippen molar-refractivity contribution in [2.75, 3.05) is 41.4 Å². The minimum atomic E-state index is -3.87. The van der Waals surface area contributed by atoms with Crippen molar-refractivity contribution < 1.29 is 21.6 Å². The van der Waals surface area contributed by atoms with Crippen molar-refractivity contribution in [1.29, 1.82) is 0 Å². The van der Waals surface area contributed by atoms with Gasteiger partial charge in [-0.3, -0.25) is 8.98 Å². The second kappa shape index (κ2) is 10.9. The quantitative estimate of drug-likeness (QED) is 0.532. The minimum absolute atomic E-state index is 0.0351. The number of nitrogens with zero attached hydrogens (tertiary/aromatic N) is 1. The molecule has 0 aromatic rings. The standard InChI is InChI=1S/C8H15NO5S.C3H9N/c1-7(2)8(10)9-5-4-6-14-15(11,12)13-3;1-4(2)3/h1,4-6H2,2-3H3,(H,9,10);1-3H3. The SMILES string of the molecule is C=C(C)C(=O)NCCCOS(=O)(=O)OC.CN(C)C. The number of hydrogen-bond acceptors (Lipinski definition) is 6. The molecule has 0 aromatic heterocycles. The second-order valence-corrected chi connectivity index (χ2v) is 5.51. The Hall–Kier alpha value is -0.960. The van der Waals surface area contributed by atoms with Crippen LogP contribution >= 0.6 is 0 Å². The van der Waals surface area contributed by atoms with Crippen molar-refractivity contribution in [2.45, 2.75) is 13.3 Å². The predicted octanol–water partition coefficient (Wildman–Crippen LogP) is 0.154. The molecule has 0 bridgehead atoms. The van der Waals surface area contributed by atoms with Gasteiger partial charge in [0, 0.05) is 12.1 Å². The van der Waals surface area contributed by atoms with E-state index in [1.807, 2.05) is 26.0 Å². The molecule has 0 rings (SSSR count). The minimum Gasteiger partial charge on any atom is -0.352 e. The molecule has 114 valence electrons. The van der Waals surface area contributed by atoms with E-state index in [1.54, 1.807) is 6.92 Å². The molecular formula is C11H24N2O5S. The van der Waals surface area contributed by atoms with E-state index in [1.165, 1.54) is 0 Å². The Kier molecular flexibility index (Phi) is 11.7. The number of amides is 1. The molecule has 8 heteroatoms. The zero-order valence-electron chi connectivity index (χ0n) is 12.2. The summed E-state index contributed by atoms with van der Waals surface area (Å²) in [7, 11) is 3.15. The van der Waals surface area contributed by atoms with Gasteiger partial charge in [0.05, 0.1) is 13.7 Å². The average molecular weight is 296 g/mol. The Morgan fingerprint density at radius 3 is 2.16 bits per heavy atom. The summed E-state index contributed by atoms with van der Waals surface area (Å²) in [6.45, 7) is 5.32. The van der Waals surface area contributed by atoms with Gasteiger partial charge in [0.2, 0.25) is 5.91 Å². The van der Waals surface area contributed by atoms with E-state index in [-0.39, 0.29) is 12.5 Å². The first-order valence-corrected chi connectivity index (χ1v) is 6.95. The van der Waals surface area contributed by atoms with Crippen molar-refractivity contribution in [1.82, 2.24) is 10.2 Å². The van der Waals surface area contributed by atoms with Crippen LogP contribution in [-0.2, 0) is 23.6 Å².